The van der Waals surface area contributed by atoms with E-state index in [1.807, 2.05) is 0 Å². The fourth-order valence-corrected chi connectivity index (χ4v) is 9.81. The third kappa shape index (κ3) is 66.9. The van der Waals surface area contributed by atoms with Gasteiger partial charge in [-0.1, -0.05) is 316 Å². The number of rotatable bonds is 63. The Labute approximate surface area is 508 Å². The summed E-state index contributed by atoms with van der Waals surface area (Å²) in [4.78, 5) is 38.1. The van der Waals surface area contributed by atoms with E-state index in [-0.39, 0.29) is 31.1 Å². The number of carbonyl (C=O) groups is 3. The highest BCUT2D eigenvalue weighted by Gasteiger charge is 2.19. The minimum atomic E-state index is -0.777. The van der Waals surface area contributed by atoms with E-state index in [0.29, 0.717) is 19.3 Å². The van der Waals surface area contributed by atoms with Crippen LogP contribution in [0.1, 0.15) is 335 Å². The number of unbranched alkanes of at least 4 members (excludes halogenated alkanes) is 34. The van der Waals surface area contributed by atoms with Crippen molar-refractivity contribution in [3.63, 3.8) is 0 Å². The van der Waals surface area contributed by atoms with Crippen molar-refractivity contribution in [1.29, 1.82) is 0 Å². The van der Waals surface area contributed by atoms with Gasteiger partial charge in [-0.15, -0.1) is 0 Å². The third-order valence-electron chi connectivity index (χ3n) is 15.0. The van der Waals surface area contributed by atoms with Gasteiger partial charge in [-0.05, 0) is 109 Å². The minimum Gasteiger partial charge on any atom is -0.462 e. The second-order valence-electron chi connectivity index (χ2n) is 23.1. The molecule has 6 heteroatoms. The average molecular weight is 1140 g/mol. The molecule has 0 bridgehead atoms. The molecule has 0 rings (SSSR count). The molecule has 1 unspecified atom stereocenters. The molecule has 0 saturated carbocycles. The molecular weight excluding hydrogens is 1010 g/mol. The van der Waals surface area contributed by atoms with Crippen LogP contribution >= 0.6 is 0 Å². The van der Waals surface area contributed by atoms with Crippen LogP contribution in [0.15, 0.2) is 109 Å². The Kier molecular flexibility index (Phi) is 66.2. The number of allylic oxidation sites excluding steroid dienone is 18. The highest BCUT2D eigenvalue weighted by Crippen LogP contribution is 2.17. The van der Waals surface area contributed by atoms with Crippen molar-refractivity contribution in [3.8, 4) is 0 Å². The van der Waals surface area contributed by atoms with Gasteiger partial charge in [0.25, 0.3) is 0 Å². The Morgan fingerprint density at radius 2 is 0.476 bits per heavy atom. The zero-order valence-corrected chi connectivity index (χ0v) is 54.0. The van der Waals surface area contributed by atoms with Crippen LogP contribution in [-0.2, 0) is 28.6 Å². The van der Waals surface area contributed by atoms with E-state index in [0.717, 1.165) is 109 Å². The van der Waals surface area contributed by atoms with E-state index < -0.39 is 6.10 Å². The average Bonchev–Trinajstić information content (AvgIpc) is 3.47. The van der Waals surface area contributed by atoms with Crippen LogP contribution in [0.4, 0.5) is 0 Å². The minimum absolute atomic E-state index is 0.0771. The molecule has 0 amide bonds. The van der Waals surface area contributed by atoms with Crippen LogP contribution < -0.4 is 0 Å². The summed E-state index contributed by atoms with van der Waals surface area (Å²) in [6.45, 7) is 6.49. The molecule has 0 saturated heterocycles. The summed E-state index contributed by atoms with van der Waals surface area (Å²) in [6.07, 6.45) is 95.8. The summed E-state index contributed by atoms with van der Waals surface area (Å²) < 4.78 is 16.8. The van der Waals surface area contributed by atoms with Crippen LogP contribution in [-0.4, -0.2) is 37.2 Å². The van der Waals surface area contributed by atoms with E-state index in [1.165, 1.54) is 186 Å². The molecule has 0 aliphatic heterocycles. The molecule has 0 aliphatic carbocycles. The Bertz CT molecular complexity index is 1640. The van der Waals surface area contributed by atoms with Gasteiger partial charge in [0.1, 0.15) is 13.2 Å². The normalized spacial score (nSPS) is 12.8. The summed E-state index contributed by atoms with van der Waals surface area (Å²) in [7, 11) is 0. The van der Waals surface area contributed by atoms with Gasteiger partial charge in [-0.3, -0.25) is 14.4 Å². The van der Waals surface area contributed by atoms with Crippen molar-refractivity contribution in [1.82, 2.24) is 0 Å². The van der Waals surface area contributed by atoms with E-state index >= 15 is 0 Å². The number of ether oxygens (including phenoxy) is 3. The molecule has 0 heterocycles. The van der Waals surface area contributed by atoms with Crippen LogP contribution in [0, 0.1) is 0 Å². The number of esters is 3. The van der Waals surface area contributed by atoms with Crippen LogP contribution in [0.2, 0.25) is 0 Å². The number of hydrogen-bond donors (Lipinski definition) is 0. The van der Waals surface area contributed by atoms with E-state index in [4.69, 9.17) is 14.2 Å². The summed E-state index contributed by atoms with van der Waals surface area (Å²) >= 11 is 0. The maximum Gasteiger partial charge on any atom is 0.306 e. The highest BCUT2D eigenvalue weighted by molar-refractivity contribution is 5.71. The van der Waals surface area contributed by atoms with Gasteiger partial charge in [0, 0.05) is 19.3 Å². The summed E-state index contributed by atoms with van der Waals surface area (Å²) in [5.74, 6) is -0.881. The molecule has 0 aromatic rings. The lowest BCUT2D eigenvalue weighted by Gasteiger charge is -2.18. The van der Waals surface area contributed by atoms with Crippen LogP contribution in [0.3, 0.4) is 0 Å². The lowest BCUT2D eigenvalue weighted by Crippen LogP contribution is -2.30. The Morgan fingerprint density at radius 1 is 0.256 bits per heavy atom. The van der Waals surface area contributed by atoms with Crippen molar-refractivity contribution in [3.05, 3.63) is 109 Å². The summed E-state index contributed by atoms with van der Waals surface area (Å²) in [5, 5.41) is 0. The van der Waals surface area contributed by atoms with Crippen molar-refractivity contribution in [2.24, 2.45) is 0 Å². The fraction of sp³-hybridized carbons (Fsp3) is 0.724. The monoisotopic (exact) mass is 1140 g/mol. The van der Waals surface area contributed by atoms with E-state index in [2.05, 4.69) is 130 Å². The highest BCUT2D eigenvalue weighted by atomic mass is 16.6. The fourth-order valence-electron chi connectivity index (χ4n) is 9.81. The van der Waals surface area contributed by atoms with E-state index in [1.54, 1.807) is 0 Å². The number of carbonyl (C=O) groups excluding carboxylic acids is 3. The quantitative estimate of drug-likeness (QED) is 0.0261. The first kappa shape index (κ1) is 78.1. The molecule has 0 fully saturated rings. The first-order valence-corrected chi connectivity index (χ1v) is 34.9. The van der Waals surface area contributed by atoms with Crippen LogP contribution in [0.25, 0.3) is 0 Å². The van der Waals surface area contributed by atoms with Gasteiger partial charge in [0.05, 0.1) is 0 Å². The van der Waals surface area contributed by atoms with Gasteiger partial charge >= 0.3 is 17.9 Å². The Morgan fingerprint density at radius 3 is 0.756 bits per heavy atom. The van der Waals surface area contributed by atoms with Crippen molar-refractivity contribution in [2.75, 3.05) is 13.2 Å². The topological polar surface area (TPSA) is 78.9 Å². The van der Waals surface area contributed by atoms with Gasteiger partial charge in [-0.2, -0.15) is 0 Å². The largest absolute Gasteiger partial charge is 0.462 e. The first-order valence-electron chi connectivity index (χ1n) is 34.9. The second kappa shape index (κ2) is 69.6. The number of hydrogen-bond acceptors (Lipinski definition) is 6. The van der Waals surface area contributed by atoms with Gasteiger partial charge < -0.3 is 14.2 Å². The van der Waals surface area contributed by atoms with Crippen molar-refractivity contribution in [2.45, 2.75) is 341 Å². The smallest absolute Gasteiger partial charge is 0.306 e. The molecule has 0 aromatic carbocycles. The summed E-state index contributed by atoms with van der Waals surface area (Å²) in [5.41, 5.74) is 0. The second-order valence-corrected chi connectivity index (χ2v) is 23.1. The lowest BCUT2D eigenvalue weighted by atomic mass is 10.0. The first-order chi connectivity index (χ1) is 40.5. The maximum atomic E-state index is 12.9. The van der Waals surface area contributed by atoms with E-state index in [9.17, 15) is 14.4 Å². The molecule has 0 aromatic heterocycles. The predicted molar refractivity (Wildman–Crippen MR) is 357 cm³/mol. The standard InChI is InChI=1S/C76H130O6/c1-4-7-10-13-16-18-20-22-24-26-28-30-32-33-34-35-36-37-38-39-40-41-42-43-45-46-48-50-52-54-56-58-60-63-66-69-75(78)81-72-73(71-80-74(77)68-65-62-15-12-9-6-3)82-76(79)70-67-64-61-59-57-55-53-51-49-47-44-31-29-27-25-23-21-19-17-14-11-8-5-2/h7,10,16,18,22,24,27-30,33-34,36-37,39-40,42-43,73H,4-6,8-9,11-15,17,19-21,23,25-26,31-32,35,38,41,44-72H2,1-3H3/b10-7-,18-16-,24-22-,29-27-,30-28-,34-33-,37-36-,40-39-,43-42-. The Balaban J connectivity index is 4.05. The van der Waals surface area contributed by atoms with Crippen molar-refractivity contribution < 1.29 is 28.6 Å². The molecule has 82 heavy (non-hydrogen) atoms. The molecule has 0 N–H and O–H groups in total. The predicted octanol–water partition coefficient (Wildman–Crippen LogP) is 24.2. The summed E-state index contributed by atoms with van der Waals surface area (Å²) in [6, 6.07) is 0. The molecule has 0 spiro atoms. The molecule has 0 radical (unpaired) electrons. The van der Waals surface area contributed by atoms with Crippen molar-refractivity contribution >= 4 is 17.9 Å². The zero-order chi connectivity index (χ0) is 59.2. The SMILES string of the molecule is CC/C=C\C/C=C\C/C=C\C/C=C\C/C=C\C/C=C\C/C=C\C/C=C\CCCCCCCCCCCCC(=O)OCC(COC(=O)CCCCCCCC)OC(=O)CCCCCCCCCCCCC/C=C\CCCCCCCCCC. The maximum absolute atomic E-state index is 12.9. The molecule has 470 valence electrons. The third-order valence-corrected chi connectivity index (χ3v) is 15.0. The molecule has 6 nitrogen and oxygen atoms in total. The van der Waals surface area contributed by atoms with Crippen LogP contribution in [0.5, 0.6) is 0 Å². The molecule has 0 aliphatic rings. The molecule has 1 atom stereocenters. The van der Waals surface area contributed by atoms with Gasteiger partial charge in [0.15, 0.2) is 6.10 Å². The lowest BCUT2D eigenvalue weighted by molar-refractivity contribution is -0.167. The Hall–Kier alpha value is -3.93. The van der Waals surface area contributed by atoms with Gasteiger partial charge in [0.2, 0.25) is 0 Å². The molecular formula is C76H130O6. The zero-order valence-electron chi connectivity index (χ0n) is 54.0. The van der Waals surface area contributed by atoms with Gasteiger partial charge in [-0.25, -0.2) is 0 Å².